The molecule has 152 valence electrons. The second kappa shape index (κ2) is 7.81. The van der Waals surface area contributed by atoms with Crippen LogP contribution in [0.4, 0.5) is 5.82 Å². The summed E-state index contributed by atoms with van der Waals surface area (Å²) in [6.07, 6.45) is 2.28. The summed E-state index contributed by atoms with van der Waals surface area (Å²) in [6, 6.07) is 6.17. The summed E-state index contributed by atoms with van der Waals surface area (Å²) in [4.78, 5) is 32.1. The van der Waals surface area contributed by atoms with E-state index in [1.165, 1.54) is 5.56 Å². The highest BCUT2D eigenvalue weighted by molar-refractivity contribution is 5.96. The fourth-order valence-electron chi connectivity index (χ4n) is 3.82. The number of anilines is 1. The lowest BCUT2D eigenvalue weighted by molar-refractivity contribution is 0.0940. The second-order valence-corrected chi connectivity index (χ2v) is 8.22. The fourth-order valence-corrected chi connectivity index (χ4v) is 3.82. The van der Waals surface area contributed by atoms with Gasteiger partial charge in [-0.1, -0.05) is 26.0 Å². The first kappa shape index (κ1) is 19.4. The zero-order valence-corrected chi connectivity index (χ0v) is 17.5. The summed E-state index contributed by atoms with van der Waals surface area (Å²) >= 11 is 0. The number of carbonyl (C=O) groups is 1. The number of aromatic nitrogens is 4. The summed E-state index contributed by atoms with van der Waals surface area (Å²) in [5.41, 5.74) is 4.75. The molecule has 1 amide bonds. The largest absolute Gasteiger partial charge is 0.359 e. The minimum absolute atomic E-state index is 0.0962. The number of carbonyl (C=O) groups excluding carboxylic acids is 1. The lowest BCUT2D eigenvalue weighted by atomic mass is 10.0. The number of para-hydroxylation sites is 1. The number of nitrogens with zero attached hydrogens (tertiary/aromatic N) is 4. The predicted molar refractivity (Wildman–Crippen MR) is 114 cm³/mol. The lowest BCUT2D eigenvalue weighted by Crippen LogP contribution is -2.36. The number of rotatable bonds is 6. The van der Waals surface area contributed by atoms with Crippen molar-refractivity contribution in [3.05, 3.63) is 46.7 Å². The van der Waals surface area contributed by atoms with E-state index in [4.69, 9.17) is 9.97 Å². The molecule has 4 rings (SSSR count). The number of benzene rings is 1. The Morgan fingerprint density at radius 3 is 2.79 bits per heavy atom. The molecule has 1 aliphatic rings. The monoisotopic (exact) mass is 392 g/mol. The number of likely N-dealkylation sites (N-methyl/N-ethyl adjacent to an activating group) is 1. The van der Waals surface area contributed by atoms with Gasteiger partial charge in [0.05, 0.1) is 11.0 Å². The van der Waals surface area contributed by atoms with Gasteiger partial charge in [-0.05, 0) is 30.9 Å². The standard InChI is InChI=1S/C22H28N6O/c1-13(2)12-18-26-20-15(8-10-23-22(20)29)21(27-18)28(4)11-9-17-24-16-7-5-6-14(3)19(16)25-17/h5-7,13H,8-12H2,1-4H3,(H,23,29)(H,24,25). The van der Waals surface area contributed by atoms with E-state index in [1.807, 2.05) is 13.1 Å². The van der Waals surface area contributed by atoms with E-state index in [0.717, 1.165) is 59.9 Å². The van der Waals surface area contributed by atoms with Gasteiger partial charge >= 0.3 is 0 Å². The molecule has 0 aliphatic carbocycles. The van der Waals surface area contributed by atoms with Gasteiger partial charge in [-0.3, -0.25) is 4.79 Å². The van der Waals surface area contributed by atoms with Crippen LogP contribution in [0.3, 0.4) is 0 Å². The third-order valence-corrected chi connectivity index (χ3v) is 5.31. The molecule has 0 saturated carbocycles. The summed E-state index contributed by atoms with van der Waals surface area (Å²) in [7, 11) is 2.03. The van der Waals surface area contributed by atoms with Gasteiger partial charge in [-0.15, -0.1) is 0 Å². The van der Waals surface area contributed by atoms with Crippen LogP contribution in [0.5, 0.6) is 0 Å². The number of fused-ring (bicyclic) bond motifs is 2. The first-order chi connectivity index (χ1) is 13.9. The quantitative estimate of drug-likeness (QED) is 0.674. The van der Waals surface area contributed by atoms with Gasteiger partial charge in [0.15, 0.2) is 0 Å². The molecule has 3 heterocycles. The van der Waals surface area contributed by atoms with Gasteiger partial charge in [0.2, 0.25) is 0 Å². The molecule has 0 bridgehead atoms. The molecule has 0 spiro atoms. The van der Waals surface area contributed by atoms with Crippen LogP contribution in [-0.4, -0.2) is 46.0 Å². The van der Waals surface area contributed by atoms with Crippen molar-refractivity contribution < 1.29 is 4.79 Å². The van der Waals surface area contributed by atoms with Crippen molar-refractivity contribution in [3.63, 3.8) is 0 Å². The van der Waals surface area contributed by atoms with Crippen LogP contribution in [0.25, 0.3) is 11.0 Å². The Bertz CT molecular complexity index is 1050. The van der Waals surface area contributed by atoms with Crippen molar-refractivity contribution >= 4 is 22.8 Å². The predicted octanol–water partition coefficient (Wildman–Crippen LogP) is 2.82. The number of H-pyrrole nitrogens is 1. The summed E-state index contributed by atoms with van der Waals surface area (Å²) in [5, 5.41) is 2.90. The number of aryl methyl sites for hydroxylation is 1. The number of hydrogen-bond donors (Lipinski definition) is 2. The Morgan fingerprint density at radius 1 is 1.21 bits per heavy atom. The van der Waals surface area contributed by atoms with E-state index < -0.39 is 0 Å². The smallest absolute Gasteiger partial charge is 0.270 e. The highest BCUT2D eigenvalue weighted by Gasteiger charge is 2.25. The Balaban J connectivity index is 1.59. The molecule has 3 aromatic rings. The van der Waals surface area contributed by atoms with Crippen LogP contribution in [-0.2, 0) is 19.3 Å². The Hall–Kier alpha value is -2.96. The van der Waals surface area contributed by atoms with Gasteiger partial charge in [-0.2, -0.15) is 0 Å². The molecule has 29 heavy (non-hydrogen) atoms. The third-order valence-electron chi connectivity index (χ3n) is 5.31. The minimum Gasteiger partial charge on any atom is -0.359 e. The van der Waals surface area contributed by atoms with Gasteiger partial charge < -0.3 is 15.2 Å². The SMILES string of the molecule is Cc1cccc2[nH]c(CCN(C)c3nc(CC(C)C)nc4c3CCNC4=O)nc12. The molecule has 1 aromatic carbocycles. The fraction of sp³-hybridized carbons (Fsp3) is 0.455. The highest BCUT2D eigenvalue weighted by Crippen LogP contribution is 2.24. The zero-order valence-electron chi connectivity index (χ0n) is 17.5. The minimum atomic E-state index is -0.0962. The number of hydrogen-bond acceptors (Lipinski definition) is 5. The molecule has 2 aromatic heterocycles. The van der Waals surface area contributed by atoms with Gasteiger partial charge in [0.25, 0.3) is 5.91 Å². The number of nitrogens with one attached hydrogen (secondary N) is 2. The second-order valence-electron chi connectivity index (χ2n) is 8.22. The van der Waals surface area contributed by atoms with Crippen molar-refractivity contribution in [2.45, 2.75) is 40.0 Å². The molecule has 7 heteroatoms. The van der Waals surface area contributed by atoms with E-state index in [1.54, 1.807) is 0 Å². The van der Waals surface area contributed by atoms with Crippen LogP contribution in [0.15, 0.2) is 18.2 Å². The molecular formula is C22H28N6O. The van der Waals surface area contributed by atoms with Crippen molar-refractivity contribution in [1.29, 1.82) is 0 Å². The van der Waals surface area contributed by atoms with Crippen molar-refractivity contribution in [2.24, 2.45) is 5.92 Å². The van der Waals surface area contributed by atoms with Gasteiger partial charge in [0.1, 0.15) is 23.2 Å². The van der Waals surface area contributed by atoms with Crippen LogP contribution in [0.2, 0.25) is 0 Å². The summed E-state index contributed by atoms with van der Waals surface area (Å²) in [5.74, 6) is 2.90. The first-order valence-electron chi connectivity index (χ1n) is 10.3. The third kappa shape index (κ3) is 3.95. The summed E-state index contributed by atoms with van der Waals surface area (Å²) in [6.45, 7) is 7.73. The Morgan fingerprint density at radius 2 is 2.03 bits per heavy atom. The van der Waals surface area contributed by atoms with Crippen LogP contribution >= 0.6 is 0 Å². The Labute approximate surface area is 171 Å². The molecule has 0 saturated heterocycles. The van der Waals surface area contributed by atoms with Crippen LogP contribution in [0, 0.1) is 12.8 Å². The van der Waals surface area contributed by atoms with Crippen LogP contribution in [0.1, 0.15) is 47.1 Å². The van der Waals surface area contributed by atoms with E-state index in [2.05, 4.69) is 53.1 Å². The van der Waals surface area contributed by atoms with Gasteiger partial charge in [0, 0.05) is 38.5 Å². The molecule has 1 aliphatic heterocycles. The Kier molecular flexibility index (Phi) is 5.22. The molecule has 0 atom stereocenters. The van der Waals surface area contributed by atoms with Crippen molar-refractivity contribution in [1.82, 2.24) is 25.3 Å². The van der Waals surface area contributed by atoms with Crippen molar-refractivity contribution in [2.75, 3.05) is 25.0 Å². The molecular weight excluding hydrogens is 364 g/mol. The lowest BCUT2D eigenvalue weighted by Gasteiger charge is -2.25. The molecule has 0 radical (unpaired) electrons. The number of aromatic amines is 1. The normalized spacial score (nSPS) is 13.6. The maximum absolute atomic E-state index is 12.4. The van der Waals surface area contributed by atoms with E-state index in [0.29, 0.717) is 18.2 Å². The summed E-state index contributed by atoms with van der Waals surface area (Å²) < 4.78 is 0. The van der Waals surface area contributed by atoms with E-state index in [-0.39, 0.29) is 5.91 Å². The highest BCUT2D eigenvalue weighted by atomic mass is 16.1. The van der Waals surface area contributed by atoms with Crippen molar-refractivity contribution in [3.8, 4) is 0 Å². The first-order valence-corrected chi connectivity index (χ1v) is 10.3. The topological polar surface area (TPSA) is 86.8 Å². The maximum atomic E-state index is 12.4. The van der Waals surface area contributed by atoms with Gasteiger partial charge in [-0.25, -0.2) is 15.0 Å². The molecule has 2 N–H and O–H groups in total. The zero-order chi connectivity index (χ0) is 20.5. The average molecular weight is 393 g/mol. The molecule has 7 nitrogen and oxygen atoms in total. The molecule has 0 fully saturated rings. The maximum Gasteiger partial charge on any atom is 0.270 e. The number of imidazole rings is 1. The van der Waals surface area contributed by atoms with Crippen LogP contribution < -0.4 is 10.2 Å². The van der Waals surface area contributed by atoms with E-state index in [9.17, 15) is 4.79 Å². The van der Waals surface area contributed by atoms with E-state index >= 15 is 0 Å². The molecule has 0 unspecified atom stereocenters. The number of amides is 1. The average Bonchev–Trinajstić information content (AvgIpc) is 3.10.